The average Bonchev–Trinajstić information content (AvgIpc) is 2.53. The van der Waals surface area contributed by atoms with Gasteiger partial charge in [-0.15, -0.1) is 0 Å². The number of carbonyl (C=O) groups excluding carboxylic acids is 2. The Bertz CT molecular complexity index is 590. The lowest BCUT2D eigenvalue weighted by molar-refractivity contribution is -0.148. The first-order valence-electron chi connectivity index (χ1n) is 7.67. The van der Waals surface area contributed by atoms with Crippen LogP contribution in [0.5, 0.6) is 5.75 Å². The molecule has 0 N–H and O–H groups in total. The van der Waals surface area contributed by atoms with Gasteiger partial charge in [-0.3, -0.25) is 9.59 Å². The molecule has 2 aliphatic heterocycles. The number of ether oxygens (including phenoxy) is 2. The van der Waals surface area contributed by atoms with Crippen molar-refractivity contribution < 1.29 is 19.1 Å². The van der Waals surface area contributed by atoms with Gasteiger partial charge >= 0.3 is 5.97 Å². The van der Waals surface area contributed by atoms with Crippen molar-refractivity contribution in [3.05, 3.63) is 29.8 Å². The molecule has 1 aromatic carbocycles. The number of carbonyl (C=O) groups is 2. The van der Waals surface area contributed by atoms with Crippen LogP contribution in [0.2, 0.25) is 0 Å². The largest absolute Gasteiger partial charge is 0.426 e. The van der Waals surface area contributed by atoms with Gasteiger partial charge in [0.2, 0.25) is 5.91 Å². The van der Waals surface area contributed by atoms with Crippen LogP contribution in [0.15, 0.2) is 24.3 Å². The molecule has 1 fully saturated rings. The number of esters is 1. The van der Waals surface area contributed by atoms with Crippen LogP contribution in [-0.2, 0) is 14.3 Å². The van der Waals surface area contributed by atoms with Crippen LogP contribution in [0.4, 0.5) is 0 Å². The summed E-state index contributed by atoms with van der Waals surface area (Å²) < 4.78 is 10.7. The summed E-state index contributed by atoms with van der Waals surface area (Å²) in [7, 11) is 0. The quantitative estimate of drug-likeness (QED) is 0.619. The zero-order valence-electron chi connectivity index (χ0n) is 13.0. The molecule has 5 heteroatoms. The number of benzene rings is 1. The van der Waals surface area contributed by atoms with Gasteiger partial charge in [-0.2, -0.15) is 0 Å². The fraction of sp³-hybridized carbons (Fsp3) is 0.529. The lowest BCUT2D eigenvalue weighted by Gasteiger charge is -2.38. The molecule has 1 atom stereocenters. The van der Waals surface area contributed by atoms with Gasteiger partial charge in [0.05, 0.1) is 18.6 Å². The molecule has 2 heterocycles. The Labute approximate surface area is 130 Å². The monoisotopic (exact) mass is 303 g/mol. The Morgan fingerprint density at radius 1 is 1.27 bits per heavy atom. The van der Waals surface area contributed by atoms with Gasteiger partial charge in [0.15, 0.2) is 0 Å². The summed E-state index contributed by atoms with van der Waals surface area (Å²) in [6.45, 7) is 6.11. The lowest BCUT2D eigenvalue weighted by atomic mass is 9.71. The van der Waals surface area contributed by atoms with E-state index in [0.717, 1.165) is 5.56 Å². The highest BCUT2D eigenvalue weighted by atomic mass is 16.5. The topological polar surface area (TPSA) is 55.8 Å². The molecule has 0 saturated carbocycles. The van der Waals surface area contributed by atoms with Crippen LogP contribution in [0.3, 0.4) is 0 Å². The zero-order valence-corrected chi connectivity index (χ0v) is 13.0. The van der Waals surface area contributed by atoms with E-state index in [2.05, 4.69) is 0 Å². The summed E-state index contributed by atoms with van der Waals surface area (Å²) in [5.41, 5.74) is 0.227. The highest BCUT2D eigenvalue weighted by Crippen LogP contribution is 2.47. The summed E-state index contributed by atoms with van der Waals surface area (Å²) >= 11 is 0. The van der Waals surface area contributed by atoms with Crippen molar-refractivity contribution in [2.45, 2.75) is 26.2 Å². The Morgan fingerprint density at radius 2 is 1.95 bits per heavy atom. The normalized spacial score (nSPS) is 23.6. The van der Waals surface area contributed by atoms with Gasteiger partial charge < -0.3 is 14.4 Å². The third kappa shape index (κ3) is 2.61. The lowest BCUT2D eigenvalue weighted by Crippen LogP contribution is -2.45. The van der Waals surface area contributed by atoms with E-state index in [-0.39, 0.29) is 17.8 Å². The van der Waals surface area contributed by atoms with Gasteiger partial charge in [0.1, 0.15) is 5.75 Å². The van der Waals surface area contributed by atoms with E-state index in [4.69, 9.17) is 9.47 Å². The van der Waals surface area contributed by atoms with Gasteiger partial charge in [0, 0.05) is 25.4 Å². The summed E-state index contributed by atoms with van der Waals surface area (Å²) in [5, 5.41) is 0. The van der Waals surface area contributed by atoms with Gasteiger partial charge in [-0.05, 0) is 25.5 Å². The first-order chi connectivity index (χ1) is 10.5. The van der Waals surface area contributed by atoms with E-state index in [1.54, 1.807) is 6.07 Å². The van der Waals surface area contributed by atoms with E-state index in [9.17, 15) is 9.59 Å². The number of para-hydroxylation sites is 1. The highest BCUT2D eigenvalue weighted by molar-refractivity contribution is 5.85. The minimum atomic E-state index is -0.712. The minimum absolute atomic E-state index is 0.0749. The Balaban J connectivity index is 1.86. The first-order valence-corrected chi connectivity index (χ1v) is 7.67. The minimum Gasteiger partial charge on any atom is -0.426 e. The molecule has 1 unspecified atom stereocenters. The van der Waals surface area contributed by atoms with Crippen LogP contribution < -0.4 is 4.74 Å². The predicted molar refractivity (Wildman–Crippen MR) is 80.6 cm³/mol. The van der Waals surface area contributed by atoms with E-state index in [0.29, 0.717) is 38.5 Å². The number of hydrogen-bond donors (Lipinski definition) is 0. The number of rotatable bonds is 2. The van der Waals surface area contributed by atoms with Gasteiger partial charge in [0.25, 0.3) is 0 Å². The summed E-state index contributed by atoms with van der Waals surface area (Å²) in [6, 6.07) is 7.49. The van der Waals surface area contributed by atoms with Crippen molar-refractivity contribution >= 4 is 11.9 Å². The highest BCUT2D eigenvalue weighted by Gasteiger charge is 2.45. The smallest absolute Gasteiger partial charge is 0.317 e. The molecule has 1 amide bonds. The molecule has 0 bridgehead atoms. The molecule has 1 aromatic rings. The van der Waals surface area contributed by atoms with Crippen molar-refractivity contribution in [1.29, 1.82) is 0 Å². The maximum absolute atomic E-state index is 12.6. The van der Waals surface area contributed by atoms with Crippen molar-refractivity contribution in [3.8, 4) is 5.75 Å². The van der Waals surface area contributed by atoms with E-state index < -0.39 is 5.41 Å². The Kier molecular flexibility index (Phi) is 3.91. The summed E-state index contributed by atoms with van der Waals surface area (Å²) in [5.74, 6) is 0.212. The molecule has 0 aromatic heterocycles. The maximum atomic E-state index is 12.6. The zero-order chi connectivity index (χ0) is 15.7. The fourth-order valence-electron chi connectivity index (χ4n) is 3.11. The van der Waals surface area contributed by atoms with E-state index in [1.807, 2.05) is 36.9 Å². The average molecular weight is 303 g/mol. The van der Waals surface area contributed by atoms with Crippen molar-refractivity contribution in [2.75, 3.05) is 26.3 Å². The molecule has 22 heavy (non-hydrogen) atoms. The number of fused-ring (bicyclic) bond motifs is 1. The van der Waals surface area contributed by atoms with Crippen LogP contribution in [0, 0.1) is 5.41 Å². The molecular formula is C17H21NO4. The maximum Gasteiger partial charge on any atom is 0.317 e. The number of amides is 1. The van der Waals surface area contributed by atoms with Crippen molar-refractivity contribution in [2.24, 2.45) is 5.41 Å². The fourth-order valence-corrected chi connectivity index (χ4v) is 3.11. The SMILES string of the molecule is CC1(C)C(=O)Oc2ccccc2C1CC(=O)N1CCOCC1. The third-order valence-electron chi connectivity index (χ3n) is 4.64. The molecule has 0 aliphatic carbocycles. The van der Waals surface area contributed by atoms with Crippen LogP contribution in [-0.4, -0.2) is 43.1 Å². The summed E-state index contributed by atoms with van der Waals surface area (Å²) in [6.07, 6.45) is 0.319. The van der Waals surface area contributed by atoms with Gasteiger partial charge in [-0.25, -0.2) is 0 Å². The molecule has 1 saturated heterocycles. The molecule has 5 nitrogen and oxygen atoms in total. The number of nitrogens with zero attached hydrogens (tertiary/aromatic N) is 1. The number of hydrogen-bond acceptors (Lipinski definition) is 4. The molecule has 0 spiro atoms. The van der Waals surface area contributed by atoms with E-state index >= 15 is 0 Å². The Hall–Kier alpha value is -1.88. The van der Waals surface area contributed by atoms with E-state index in [1.165, 1.54) is 0 Å². The first kappa shape index (κ1) is 15.0. The molecule has 3 rings (SSSR count). The van der Waals surface area contributed by atoms with Crippen molar-refractivity contribution in [1.82, 2.24) is 4.90 Å². The molecule has 2 aliphatic rings. The molecule has 118 valence electrons. The summed E-state index contributed by atoms with van der Waals surface area (Å²) in [4.78, 5) is 26.7. The molecular weight excluding hydrogens is 282 g/mol. The standard InChI is InChI=1S/C17H21NO4/c1-17(2)13(11-15(19)18-7-9-21-10-8-18)12-5-3-4-6-14(12)22-16(17)20/h3-6,13H,7-11H2,1-2H3. The van der Waals surface area contributed by atoms with Crippen LogP contribution in [0.25, 0.3) is 0 Å². The second kappa shape index (κ2) is 5.72. The molecule has 0 radical (unpaired) electrons. The third-order valence-corrected chi connectivity index (χ3v) is 4.64. The van der Waals surface area contributed by atoms with Crippen molar-refractivity contribution in [3.63, 3.8) is 0 Å². The number of morpholine rings is 1. The second-order valence-electron chi connectivity index (χ2n) is 6.40. The Morgan fingerprint density at radius 3 is 2.68 bits per heavy atom. The van der Waals surface area contributed by atoms with Gasteiger partial charge in [-0.1, -0.05) is 18.2 Å². The second-order valence-corrected chi connectivity index (χ2v) is 6.40. The van der Waals surface area contributed by atoms with Crippen LogP contribution in [0.1, 0.15) is 31.7 Å². The predicted octanol–water partition coefficient (Wildman–Crippen LogP) is 1.96. The van der Waals surface area contributed by atoms with Crippen LogP contribution >= 0.6 is 0 Å².